The highest BCUT2D eigenvalue weighted by molar-refractivity contribution is 5.98. The fraction of sp³-hybridized carbons (Fsp3) is 0.250. The van der Waals surface area contributed by atoms with Crippen LogP contribution in [0.1, 0.15) is 33.5 Å². The molecular weight excluding hydrogens is 382 g/mol. The normalized spacial score (nSPS) is 11.3. The Bertz CT molecular complexity index is 1300. The second-order valence-electron chi connectivity index (χ2n) is 8.52. The van der Waals surface area contributed by atoms with Crippen molar-refractivity contribution in [2.45, 2.75) is 40.9 Å². The molecule has 0 bridgehead atoms. The van der Waals surface area contributed by atoms with E-state index in [2.05, 4.69) is 64.1 Å². The maximum Gasteiger partial charge on any atom is 0.258 e. The summed E-state index contributed by atoms with van der Waals surface area (Å²) in [5.41, 5.74) is 9.00. The van der Waals surface area contributed by atoms with Gasteiger partial charge in [-0.2, -0.15) is 0 Å². The zero-order valence-electron chi connectivity index (χ0n) is 19.0. The molecule has 4 aromatic rings. The monoisotopic (exact) mass is 411 g/mol. The first-order valence-corrected chi connectivity index (χ1v) is 10.7. The molecule has 3 heteroatoms. The highest BCUT2D eigenvalue weighted by Crippen LogP contribution is 2.32. The van der Waals surface area contributed by atoms with Crippen LogP contribution in [0.3, 0.4) is 0 Å². The van der Waals surface area contributed by atoms with E-state index in [4.69, 9.17) is 4.74 Å². The minimum absolute atomic E-state index is 0.0165. The lowest BCUT2D eigenvalue weighted by Crippen LogP contribution is -2.22. The second kappa shape index (κ2) is 8.52. The van der Waals surface area contributed by atoms with E-state index in [0.29, 0.717) is 13.2 Å². The summed E-state index contributed by atoms with van der Waals surface area (Å²) in [7, 11) is 1.85. The SMILES string of the molecule is Cc1cc(C)cc(COCc2c(-c3ccccc3)c3cc(C)c(C)cc3c(=O)n2C)c1. The lowest BCUT2D eigenvalue weighted by Gasteiger charge is -2.19. The maximum absolute atomic E-state index is 13.2. The number of aryl methyl sites for hydroxylation is 4. The molecular formula is C28H29NO2. The average molecular weight is 412 g/mol. The average Bonchev–Trinajstić information content (AvgIpc) is 2.73. The second-order valence-corrected chi connectivity index (χ2v) is 8.52. The molecule has 1 heterocycles. The Morgan fingerprint density at radius 3 is 2.03 bits per heavy atom. The Kier molecular flexibility index (Phi) is 5.79. The summed E-state index contributed by atoms with van der Waals surface area (Å²) in [6.07, 6.45) is 0. The van der Waals surface area contributed by atoms with Gasteiger partial charge in [0.1, 0.15) is 0 Å². The third kappa shape index (κ3) is 4.19. The van der Waals surface area contributed by atoms with Crippen molar-refractivity contribution in [3.8, 4) is 11.1 Å². The predicted octanol–water partition coefficient (Wildman–Crippen LogP) is 6.16. The molecule has 0 radical (unpaired) electrons. The van der Waals surface area contributed by atoms with Crippen LogP contribution in [0.25, 0.3) is 21.9 Å². The van der Waals surface area contributed by atoms with Crippen molar-refractivity contribution >= 4 is 10.8 Å². The van der Waals surface area contributed by atoms with Gasteiger partial charge in [-0.1, -0.05) is 65.7 Å². The first kappa shape index (κ1) is 21.1. The smallest absolute Gasteiger partial charge is 0.258 e. The summed E-state index contributed by atoms with van der Waals surface area (Å²) in [6.45, 7) is 9.22. The minimum atomic E-state index is 0.0165. The van der Waals surface area contributed by atoms with Crippen LogP contribution in [0, 0.1) is 27.7 Å². The third-order valence-corrected chi connectivity index (χ3v) is 5.98. The van der Waals surface area contributed by atoms with Gasteiger partial charge in [0, 0.05) is 18.0 Å². The van der Waals surface area contributed by atoms with Crippen molar-refractivity contribution in [3.63, 3.8) is 0 Å². The maximum atomic E-state index is 13.2. The highest BCUT2D eigenvalue weighted by Gasteiger charge is 2.17. The Hall–Kier alpha value is -3.17. The van der Waals surface area contributed by atoms with Crippen LogP contribution in [-0.2, 0) is 25.0 Å². The van der Waals surface area contributed by atoms with Gasteiger partial charge in [0.2, 0.25) is 0 Å². The van der Waals surface area contributed by atoms with E-state index in [1.807, 2.05) is 31.3 Å². The number of nitrogens with zero attached hydrogens (tertiary/aromatic N) is 1. The molecule has 0 aliphatic carbocycles. The molecule has 0 unspecified atom stereocenters. The molecule has 0 fully saturated rings. The van der Waals surface area contributed by atoms with E-state index in [1.54, 1.807) is 4.57 Å². The van der Waals surface area contributed by atoms with E-state index in [9.17, 15) is 4.79 Å². The number of benzene rings is 3. The van der Waals surface area contributed by atoms with Crippen molar-refractivity contribution < 1.29 is 4.74 Å². The van der Waals surface area contributed by atoms with Crippen LogP contribution in [0.4, 0.5) is 0 Å². The topological polar surface area (TPSA) is 31.2 Å². The van der Waals surface area contributed by atoms with Gasteiger partial charge < -0.3 is 9.30 Å². The molecule has 158 valence electrons. The Balaban J connectivity index is 1.82. The Labute approximate surface area is 183 Å². The fourth-order valence-electron chi connectivity index (χ4n) is 4.34. The van der Waals surface area contributed by atoms with E-state index in [0.717, 1.165) is 38.7 Å². The lowest BCUT2D eigenvalue weighted by atomic mass is 9.94. The van der Waals surface area contributed by atoms with Crippen LogP contribution in [0.2, 0.25) is 0 Å². The lowest BCUT2D eigenvalue weighted by molar-refractivity contribution is 0.102. The first-order chi connectivity index (χ1) is 14.8. The summed E-state index contributed by atoms with van der Waals surface area (Å²) in [4.78, 5) is 13.2. The van der Waals surface area contributed by atoms with Gasteiger partial charge in [0.05, 0.1) is 18.9 Å². The summed E-state index contributed by atoms with van der Waals surface area (Å²) >= 11 is 0. The van der Waals surface area contributed by atoms with Crippen LogP contribution >= 0.6 is 0 Å². The quantitative estimate of drug-likeness (QED) is 0.394. The summed E-state index contributed by atoms with van der Waals surface area (Å²) in [5.74, 6) is 0. The number of ether oxygens (including phenoxy) is 1. The Morgan fingerprint density at radius 2 is 1.39 bits per heavy atom. The molecule has 3 aromatic carbocycles. The summed E-state index contributed by atoms with van der Waals surface area (Å²) in [6, 6.07) is 20.9. The standard InChI is InChI=1S/C28H29NO2/c1-18-11-19(2)13-22(12-18)16-31-17-26-27(23-9-7-6-8-10-23)24-14-20(3)21(4)15-25(24)28(30)29(26)5/h6-15H,16-17H2,1-5H3. The molecule has 4 rings (SSSR count). The van der Waals surface area contributed by atoms with E-state index in [1.165, 1.54) is 16.7 Å². The molecule has 0 saturated heterocycles. The number of pyridine rings is 1. The molecule has 0 aliphatic rings. The molecule has 3 nitrogen and oxygen atoms in total. The van der Waals surface area contributed by atoms with Gasteiger partial charge in [0.25, 0.3) is 5.56 Å². The molecule has 31 heavy (non-hydrogen) atoms. The van der Waals surface area contributed by atoms with Crippen LogP contribution in [0.15, 0.2) is 65.5 Å². The predicted molar refractivity (Wildman–Crippen MR) is 129 cm³/mol. The van der Waals surface area contributed by atoms with Gasteiger partial charge >= 0.3 is 0 Å². The summed E-state index contributed by atoms with van der Waals surface area (Å²) < 4.78 is 7.91. The third-order valence-electron chi connectivity index (χ3n) is 5.98. The molecule has 0 atom stereocenters. The van der Waals surface area contributed by atoms with Crippen molar-refractivity contribution in [2.75, 3.05) is 0 Å². The van der Waals surface area contributed by atoms with Crippen LogP contribution in [-0.4, -0.2) is 4.57 Å². The molecule has 1 aromatic heterocycles. The van der Waals surface area contributed by atoms with Crippen LogP contribution in [0.5, 0.6) is 0 Å². The molecule has 0 amide bonds. The van der Waals surface area contributed by atoms with E-state index >= 15 is 0 Å². The number of rotatable bonds is 5. The molecule has 0 aliphatic heterocycles. The van der Waals surface area contributed by atoms with Gasteiger partial charge in [-0.3, -0.25) is 4.79 Å². The van der Waals surface area contributed by atoms with Gasteiger partial charge in [-0.05, 0) is 61.4 Å². The molecule has 0 saturated carbocycles. The molecule has 0 spiro atoms. The Morgan fingerprint density at radius 1 is 0.774 bits per heavy atom. The zero-order chi connectivity index (χ0) is 22.1. The van der Waals surface area contributed by atoms with E-state index < -0.39 is 0 Å². The van der Waals surface area contributed by atoms with Gasteiger partial charge in [0.15, 0.2) is 0 Å². The van der Waals surface area contributed by atoms with Crippen molar-refractivity contribution in [1.29, 1.82) is 0 Å². The summed E-state index contributed by atoms with van der Waals surface area (Å²) in [5, 5.41) is 1.74. The first-order valence-electron chi connectivity index (χ1n) is 10.7. The van der Waals surface area contributed by atoms with Crippen molar-refractivity contribution in [2.24, 2.45) is 7.05 Å². The molecule has 0 N–H and O–H groups in total. The fourth-order valence-corrected chi connectivity index (χ4v) is 4.34. The van der Waals surface area contributed by atoms with Crippen LogP contribution < -0.4 is 5.56 Å². The highest BCUT2D eigenvalue weighted by atomic mass is 16.5. The van der Waals surface area contributed by atoms with E-state index in [-0.39, 0.29) is 5.56 Å². The number of aromatic nitrogens is 1. The van der Waals surface area contributed by atoms with Gasteiger partial charge in [-0.15, -0.1) is 0 Å². The van der Waals surface area contributed by atoms with Gasteiger partial charge in [-0.25, -0.2) is 0 Å². The largest absolute Gasteiger partial charge is 0.371 e. The number of fused-ring (bicyclic) bond motifs is 1. The van der Waals surface area contributed by atoms with Crippen molar-refractivity contribution in [1.82, 2.24) is 4.57 Å². The zero-order valence-corrected chi connectivity index (χ0v) is 19.0. The number of hydrogen-bond acceptors (Lipinski definition) is 2. The number of hydrogen-bond donors (Lipinski definition) is 0. The van der Waals surface area contributed by atoms with Crippen molar-refractivity contribution in [3.05, 3.63) is 105 Å². The minimum Gasteiger partial charge on any atom is -0.371 e.